The number of nitro groups is 1. The molecule has 0 bridgehead atoms. The molecule has 0 saturated heterocycles. The van der Waals surface area contributed by atoms with Crippen LogP contribution >= 0.6 is 0 Å². The quantitative estimate of drug-likeness (QED) is 0.653. The van der Waals surface area contributed by atoms with Crippen molar-refractivity contribution >= 4 is 17.3 Å². The molecule has 0 spiro atoms. The zero-order valence-corrected chi connectivity index (χ0v) is 13.0. The molecule has 120 valence electrons. The van der Waals surface area contributed by atoms with Crippen LogP contribution in [0.2, 0.25) is 0 Å². The predicted octanol–water partition coefficient (Wildman–Crippen LogP) is 3.48. The van der Waals surface area contributed by atoms with Gasteiger partial charge >= 0.3 is 0 Å². The zero-order valence-electron chi connectivity index (χ0n) is 13.0. The molecule has 1 amide bonds. The van der Waals surface area contributed by atoms with E-state index >= 15 is 0 Å². The fourth-order valence-corrected chi connectivity index (χ4v) is 2.08. The summed E-state index contributed by atoms with van der Waals surface area (Å²) in [5.74, 6) is 0.249. The number of hydrogen-bond acceptors (Lipinski definition) is 4. The van der Waals surface area contributed by atoms with Gasteiger partial charge in [-0.05, 0) is 37.1 Å². The van der Waals surface area contributed by atoms with Crippen LogP contribution in [0, 0.1) is 17.0 Å². The van der Waals surface area contributed by atoms with Crippen molar-refractivity contribution in [1.29, 1.82) is 0 Å². The molecule has 0 radical (unpaired) electrons. The molecular weight excluding hydrogens is 296 g/mol. The number of anilines is 1. The summed E-state index contributed by atoms with van der Waals surface area (Å²) in [6.45, 7) is 3.53. The minimum atomic E-state index is -0.474. The van der Waals surface area contributed by atoms with E-state index in [2.05, 4.69) is 5.32 Å². The molecule has 0 heterocycles. The first-order valence-electron chi connectivity index (χ1n) is 7.26. The average molecular weight is 314 g/mol. The summed E-state index contributed by atoms with van der Waals surface area (Å²) in [6.07, 6.45) is 0.885. The molecule has 2 rings (SSSR count). The van der Waals surface area contributed by atoms with Gasteiger partial charge in [0.1, 0.15) is 5.75 Å². The Hall–Kier alpha value is -2.89. The third-order valence-corrected chi connectivity index (χ3v) is 3.37. The number of benzene rings is 2. The second kappa shape index (κ2) is 7.40. The molecule has 2 aromatic carbocycles. The lowest BCUT2D eigenvalue weighted by Gasteiger charge is -2.09. The lowest BCUT2D eigenvalue weighted by Crippen LogP contribution is -2.20. The number of aryl methyl sites for hydroxylation is 2. The fourth-order valence-electron chi connectivity index (χ4n) is 2.08. The number of hydrogen-bond donors (Lipinski definition) is 1. The van der Waals surface area contributed by atoms with E-state index in [-0.39, 0.29) is 18.2 Å². The molecule has 2 aromatic rings. The second-order valence-corrected chi connectivity index (χ2v) is 5.10. The maximum atomic E-state index is 11.9. The van der Waals surface area contributed by atoms with E-state index in [9.17, 15) is 14.9 Å². The van der Waals surface area contributed by atoms with E-state index in [0.717, 1.165) is 12.0 Å². The molecule has 0 aliphatic carbocycles. The lowest BCUT2D eigenvalue weighted by molar-refractivity contribution is -0.385. The maximum absolute atomic E-state index is 11.9. The first kappa shape index (κ1) is 16.5. The van der Waals surface area contributed by atoms with Crippen LogP contribution in [0.5, 0.6) is 5.75 Å². The molecule has 0 atom stereocenters. The van der Waals surface area contributed by atoms with Crippen LogP contribution in [0.25, 0.3) is 0 Å². The van der Waals surface area contributed by atoms with Crippen LogP contribution in [-0.2, 0) is 11.2 Å². The van der Waals surface area contributed by atoms with Crippen molar-refractivity contribution in [3.05, 3.63) is 63.7 Å². The van der Waals surface area contributed by atoms with Gasteiger partial charge in [-0.3, -0.25) is 14.9 Å². The third kappa shape index (κ3) is 4.54. The Morgan fingerprint density at radius 1 is 1.26 bits per heavy atom. The van der Waals surface area contributed by atoms with Gasteiger partial charge < -0.3 is 10.1 Å². The Kier molecular flexibility index (Phi) is 5.30. The van der Waals surface area contributed by atoms with E-state index in [1.54, 1.807) is 25.1 Å². The highest BCUT2D eigenvalue weighted by Crippen LogP contribution is 2.22. The number of carbonyl (C=O) groups is 1. The summed E-state index contributed by atoms with van der Waals surface area (Å²) in [4.78, 5) is 22.3. The van der Waals surface area contributed by atoms with Crippen molar-refractivity contribution in [3.63, 3.8) is 0 Å². The van der Waals surface area contributed by atoms with E-state index in [1.165, 1.54) is 6.07 Å². The maximum Gasteiger partial charge on any atom is 0.274 e. The number of rotatable bonds is 6. The van der Waals surface area contributed by atoms with Crippen LogP contribution in [0.1, 0.15) is 18.1 Å². The Morgan fingerprint density at radius 2 is 2.04 bits per heavy atom. The molecule has 0 aliphatic rings. The largest absolute Gasteiger partial charge is 0.484 e. The molecule has 6 heteroatoms. The van der Waals surface area contributed by atoms with E-state index in [4.69, 9.17) is 4.74 Å². The van der Waals surface area contributed by atoms with Crippen LogP contribution < -0.4 is 10.1 Å². The van der Waals surface area contributed by atoms with Gasteiger partial charge in [0.05, 0.1) is 4.92 Å². The number of nitrogens with zero attached hydrogens (tertiary/aromatic N) is 1. The van der Waals surface area contributed by atoms with E-state index < -0.39 is 4.92 Å². The molecule has 23 heavy (non-hydrogen) atoms. The van der Waals surface area contributed by atoms with Crippen LogP contribution in [0.4, 0.5) is 11.4 Å². The third-order valence-electron chi connectivity index (χ3n) is 3.37. The smallest absolute Gasteiger partial charge is 0.274 e. The summed E-state index contributed by atoms with van der Waals surface area (Å²) in [6, 6.07) is 12.1. The van der Waals surface area contributed by atoms with Crippen LogP contribution in [-0.4, -0.2) is 17.4 Å². The highest BCUT2D eigenvalue weighted by molar-refractivity contribution is 5.92. The Morgan fingerprint density at radius 3 is 2.74 bits per heavy atom. The summed E-state index contributed by atoms with van der Waals surface area (Å²) >= 11 is 0. The number of amides is 1. The SMILES string of the molecule is CCc1cccc(OCC(=O)Nc2ccc(C)c([N+](=O)[O-])c2)c1. The van der Waals surface area contributed by atoms with Crippen molar-refractivity contribution in [2.24, 2.45) is 0 Å². The number of ether oxygens (including phenoxy) is 1. The van der Waals surface area contributed by atoms with Gasteiger partial charge in [0, 0.05) is 17.3 Å². The standard InChI is InChI=1S/C17H18N2O4/c1-3-13-5-4-6-15(9-13)23-11-17(20)18-14-8-7-12(2)16(10-14)19(21)22/h4-10H,3,11H2,1-2H3,(H,18,20). The van der Waals surface area contributed by atoms with Crippen molar-refractivity contribution in [3.8, 4) is 5.75 Å². The van der Waals surface area contributed by atoms with Gasteiger partial charge in [-0.15, -0.1) is 0 Å². The minimum Gasteiger partial charge on any atom is -0.484 e. The molecule has 1 N–H and O–H groups in total. The molecule has 0 aliphatic heterocycles. The monoisotopic (exact) mass is 314 g/mol. The molecule has 0 saturated carbocycles. The van der Waals surface area contributed by atoms with E-state index in [1.807, 2.05) is 25.1 Å². The summed E-state index contributed by atoms with van der Waals surface area (Å²) < 4.78 is 5.44. The van der Waals surface area contributed by atoms with Crippen molar-refractivity contribution in [2.45, 2.75) is 20.3 Å². The van der Waals surface area contributed by atoms with Crippen LogP contribution in [0.3, 0.4) is 0 Å². The number of nitrogens with one attached hydrogen (secondary N) is 1. The lowest BCUT2D eigenvalue weighted by atomic mass is 10.2. The second-order valence-electron chi connectivity index (χ2n) is 5.10. The molecular formula is C17H18N2O4. The topological polar surface area (TPSA) is 81.5 Å². The van der Waals surface area contributed by atoms with Gasteiger partial charge in [0.2, 0.25) is 0 Å². The number of carbonyl (C=O) groups excluding carboxylic acids is 1. The van der Waals surface area contributed by atoms with Gasteiger partial charge in [-0.2, -0.15) is 0 Å². The van der Waals surface area contributed by atoms with Crippen molar-refractivity contribution < 1.29 is 14.5 Å². The Balaban J connectivity index is 1.97. The molecule has 0 aromatic heterocycles. The Bertz CT molecular complexity index is 728. The van der Waals surface area contributed by atoms with Gasteiger partial charge in [0.25, 0.3) is 11.6 Å². The summed E-state index contributed by atoms with van der Waals surface area (Å²) in [5, 5.41) is 13.5. The first-order chi connectivity index (χ1) is 11.0. The molecule has 0 unspecified atom stereocenters. The van der Waals surface area contributed by atoms with Crippen LogP contribution in [0.15, 0.2) is 42.5 Å². The predicted molar refractivity (Wildman–Crippen MR) is 87.8 cm³/mol. The first-order valence-corrected chi connectivity index (χ1v) is 7.26. The van der Waals surface area contributed by atoms with Gasteiger partial charge in [-0.25, -0.2) is 0 Å². The molecule has 6 nitrogen and oxygen atoms in total. The van der Waals surface area contributed by atoms with Gasteiger partial charge in [0.15, 0.2) is 6.61 Å². The minimum absolute atomic E-state index is 0.0284. The highest BCUT2D eigenvalue weighted by Gasteiger charge is 2.12. The van der Waals surface area contributed by atoms with Crippen molar-refractivity contribution in [2.75, 3.05) is 11.9 Å². The fraction of sp³-hybridized carbons (Fsp3) is 0.235. The van der Waals surface area contributed by atoms with Crippen molar-refractivity contribution in [1.82, 2.24) is 0 Å². The van der Waals surface area contributed by atoms with E-state index in [0.29, 0.717) is 17.0 Å². The number of nitro benzene ring substituents is 1. The highest BCUT2D eigenvalue weighted by atomic mass is 16.6. The Labute approximate surface area is 134 Å². The average Bonchev–Trinajstić information content (AvgIpc) is 2.54. The summed E-state index contributed by atoms with van der Waals surface area (Å²) in [7, 11) is 0. The normalized spacial score (nSPS) is 10.2. The molecule has 0 fully saturated rings. The van der Waals surface area contributed by atoms with Gasteiger partial charge in [-0.1, -0.05) is 25.1 Å². The zero-order chi connectivity index (χ0) is 16.8. The summed E-state index contributed by atoms with van der Waals surface area (Å²) in [5.41, 5.74) is 2.01.